The molecule has 29 heavy (non-hydrogen) atoms. The lowest BCUT2D eigenvalue weighted by Crippen LogP contribution is -2.43. The third kappa shape index (κ3) is 4.18. The van der Waals surface area contributed by atoms with E-state index in [4.69, 9.17) is 0 Å². The van der Waals surface area contributed by atoms with E-state index < -0.39 is 11.7 Å². The highest BCUT2D eigenvalue weighted by Gasteiger charge is 2.31. The third-order valence-electron chi connectivity index (χ3n) is 5.09. The van der Waals surface area contributed by atoms with E-state index in [1.165, 1.54) is 6.07 Å². The van der Waals surface area contributed by atoms with Gasteiger partial charge in [-0.2, -0.15) is 13.2 Å². The molecule has 0 bridgehead atoms. The Morgan fingerprint density at radius 2 is 2.03 bits per heavy atom. The smallest absolute Gasteiger partial charge is 0.352 e. The quantitative estimate of drug-likeness (QED) is 0.726. The van der Waals surface area contributed by atoms with Gasteiger partial charge in [-0.05, 0) is 42.7 Å². The van der Waals surface area contributed by atoms with E-state index in [-0.39, 0.29) is 18.4 Å². The predicted molar refractivity (Wildman–Crippen MR) is 101 cm³/mol. The lowest BCUT2D eigenvalue weighted by molar-refractivity contribution is -0.137. The van der Waals surface area contributed by atoms with E-state index in [0.717, 1.165) is 37.2 Å². The van der Waals surface area contributed by atoms with Gasteiger partial charge >= 0.3 is 6.18 Å². The summed E-state index contributed by atoms with van der Waals surface area (Å²) < 4.78 is 40.4. The highest BCUT2D eigenvalue weighted by Crippen LogP contribution is 2.29. The van der Waals surface area contributed by atoms with Crippen molar-refractivity contribution in [3.05, 3.63) is 59.8 Å². The maximum atomic E-state index is 12.8. The largest absolute Gasteiger partial charge is 0.416 e. The number of piperidine rings is 1. The highest BCUT2D eigenvalue weighted by atomic mass is 19.4. The van der Waals surface area contributed by atoms with E-state index in [9.17, 15) is 18.0 Å². The summed E-state index contributed by atoms with van der Waals surface area (Å²) in [4.78, 5) is 14.7. The van der Waals surface area contributed by atoms with Gasteiger partial charge in [-0.25, -0.2) is 0 Å². The van der Waals surface area contributed by atoms with Crippen molar-refractivity contribution in [3.63, 3.8) is 0 Å². The second-order valence-electron chi connectivity index (χ2n) is 7.13. The van der Waals surface area contributed by atoms with Crippen LogP contribution < -0.4 is 10.2 Å². The Balaban J connectivity index is 1.40. The third-order valence-corrected chi connectivity index (χ3v) is 5.09. The number of hydrogen-bond donors (Lipinski definition) is 1. The van der Waals surface area contributed by atoms with Crippen LogP contribution >= 0.6 is 0 Å². The number of halogens is 3. The van der Waals surface area contributed by atoms with Gasteiger partial charge in [-0.15, -0.1) is 10.2 Å². The zero-order valence-corrected chi connectivity index (χ0v) is 15.6. The maximum Gasteiger partial charge on any atom is 0.416 e. The Hall–Kier alpha value is -3.10. The zero-order chi connectivity index (χ0) is 20.4. The number of nitrogens with one attached hydrogen (secondary N) is 1. The molecule has 9 heteroatoms. The van der Waals surface area contributed by atoms with Gasteiger partial charge in [0.05, 0.1) is 11.5 Å². The summed E-state index contributed by atoms with van der Waals surface area (Å²) in [5, 5.41) is 11.2. The van der Waals surface area contributed by atoms with Gasteiger partial charge in [0.1, 0.15) is 0 Å². The molecule has 152 valence electrons. The number of carbonyl (C=O) groups excluding carboxylic acids is 1. The Kier molecular flexibility index (Phi) is 5.12. The summed E-state index contributed by atoms with van der Waals surface area (Å²) in [7, 11) is 0. The van der Waals surface area contributed by atoms with Gasteiger partial charge in [0.2, 0.25) is 11.9 Å². The first-order valence-electron chi connectivity index (χ1n) is 9.40. The van der Waals surface area contributed by atoms with Crippen LogP contribution in [0.3, 0.4) is 0 Å². The molecule has 1 unspecified atom stereocenters. The number of anilines is 1. The average Bonchev–Trinajstić information content (AvgIpc) is 3.16. The van der Waals surface area contributed by atoms with Crippen molar-refractivity contribution in [2.75, 3.05) is 18.0 Å². The molecule has 3 heterocycles. The first-order chi connectivity index (χ1) is 13.9. The summed E-state index contributed by atoms with van der Waals surface area (Å²) in [5.41, 5.74) is 0.440. The maximum absolute atomic E-state index is 12.8. The molecule has 0 saturated carbocycles. The molecule has 0 aliphatic carbocycles. The fourth-order valence-electron chi connectivity index (χ4n) is 3.61. The topological polar surface area (TPSA) is 62.5 Å². The van der Waals surface area contributed by atoms with E-state index >= 15 is 0 Å². The van der Waals surface area contributed by atoms with Gasteiger partial charge in [0.25, 0.3) is 0 Å². The van der Waals surface area contributed by atoms with Crippen LogP contribution in [-0.4, -0.2) is 33.6 Å². The molecule has 1 saturated heterocycles. The van der Waals surface area contributed by atoms with Crippen LogP contribution in [0.5, 0.6) is 0 Å². The lowest BCUT2D eigenvalue weighted by Gasteiger charge is -2.32. The molecule has 1 aliphatic rings. The first kappa shape index (κ1) is 19.2. The van der Waals surface area contributed by atoms with Crippen LogP contribution in [0.1, 0.15) is 24.0 Å². The van der Waals surface area contributed by atoms with Crippen LogP contribution in [0.15, 0.2) is 48.7 Å². The molecule has 6 nitrogen and oxygen atoms in total. The molecule has 0 radical (unpaired) electrons. The van der Waals surface area contributed by atoms with Gasteiger partial charge in [0, 0.05) is 25.8 Å². The van der Waals surface area contributed by atoms with Crippen LogP contribution in [0.2, 0.25) is 0 Å². The van der Waals surface area contributed by atoms with Gasteiger partial charge in [-0.3, -0.25) is 9.20 Å². The number of benzene rings is 1. The molecule has 1 amide bonds. The number of carbonyl (C=O) groups is 1. The number of hydrogen-bond acceptors (Lipinski definition) is 4. The number of aromatic nitrogens is 3. The minimum absolute atomic E-state index is 0.0626. The van der Waals surface area contributed by atoms with Crippen LogP contribution in [0.4, 0.5) is 19.1 Å². The monoisotopic (exact) mass is 403 g/mol. The Labute approximate surface area is 165 Å². The number of alkyl halides is 3. The molecule has 1 aliphatic heterocycles. The van der Waals surface area contributed by atoms with Crippen LogP contribution in [-0.2, 0) is 17.5 Å². The summed E-state index contributed by atoms with van der Waals surface area (Å²) in [6, 6.07) is 10.6. The molecule has 2 aromatic heterocycles. The van der Waals surface area contributed by atoms with Crippen molar-refractivity contribution in [1.29, 1.82) is 0 Å². The molecule has 1 N–H and O–H groups in total. The fourth-order valence-corrected chi connectivity index (χ4v) is 3.61. The minimum Gasteiger partial charge on any atom is -0.352 e. The van der Waals surface area contributed by atoms with E-state index in [1.807, 2.05) is 33.7 Å². The molecule has 1 aromatic carbocycles. The number of nitrogens with zero attached hydrogens (tertiary/aromatic N) is 4. The van der Waals surface area contributed by atoms with E-state index in [0.29, 0.717) is 18.1 Å². The molecule has 0 spiro atoms. The predicted octanol–water partition coefficient (Wildman–Crippen LogP) is 3.28. The van der Waals surface area contributed by atoms with Crippen molar-refractivity contribution in [2.45, 2.75) is 25.6 Å². The molecule has 1 atom stereocenters. The normalized spacial score (nSPS) is 17.5. The first-order valence-corrected chi connectivity index (χ1v) is 9.40. The van der Waals surface area contributed by atoms with Gasteiger partial charge in [0.15, 0.2) is 5.65 Å². The van der Waals surface area contributed by atoms with Crippen molar-refractivity contribution in [3.8, 4) is 0 Å². The molecule has 1 fully saturated rings. The second kappa shape index (κ2) is 7.73. The van der Waals surface area contributed by atoms with Crippen molar-refractivity contribution >= 4 is 17.5 Å². The van der Waals surface area contributed by atoms with Crippen LogP contribution in [0, 0.1) is 5.92 Å². The summed E-state index contributed by atoms with van der Waals surface area (Å²) >= 11 is 0. The molecular weight excluding hydrogens is 383 g/mol. The minimum atomic E-state index is -4.40. The number of amides is 1. The lowest BCUT2D eigenvalue weighted by atomic mass is 9.97. The average molecular weight is 403 g/mol. The Bertz CT molecular complexity index is 1020. The second-order valence-corrected chi connectivity index (χ2v) is 7.13. The summed E-state index contributed by atoms with van der Waals surface area (Å²) in [5.74, 6) is 0.266. The molecule has 3 aromatic rings. The number of fused-ring (bicyclic) bond motifs is 1. The number of rotatable bonds is 4. The van der Waals surface area contributed by atoms with Gasteiger partial charge < -0.3 is 10.2 Å². The van der Waals surface area contributed by atoms with E-state index in [1.54, 1.807) is 6.07 Å². The fraction of sp³-hybridized carbons (Fsp3) is 0.350. The van der Waals surface area contributed by atoms with Crippen molar-refractivity contribution in [2.24, 2.45) is 5.92 Å². The van der Waals surface area contributed by atoms with Crippen molar-refractivity contribution in [1.82, 2.24) is 19.9 Å². The summed E-state index contributed by atoms with van der Waals surface area (Å²) in [6.07, 6.45) is -0.974. The Morgan fingerprint density at radius 3 is 2.86 bits per heavy atom. The molecular formula is C20H20F3N5O. The van der Waals surface area contributed by atoms with E-state index in [2.05, 4.69) is 15.5 Å². The standard InChI is InChI=1S/C20H20F3N5O/c21-20(22,23)16-7-3-5-14(11-16)12-24-18(29)15-6-4-9-27(13-15)19-26-25-17-8-1-2-10-28(17)19/h1-3,5,7-8,10-11,15H,4,6,9,12-13H2,(H,24,29). The number of pyridine rings is 1. The molecule has 4 rings (SSSR count). The zero-order valence-electron chi connectivity index (χ0n) is 15.6. The van der Waals surface area contributed by atoms with Crippen LogP contribution in [0.25, 0.3) is 5.65 Å². The Morgan fingerprint density at radius 1 is 1.17 bits per heavy atom. The summed E-state index contributed by atoms with van der Waals surface area (Å²) in [6.45, 7) is 1.32. The highest BCUT2D eigenvalue weighted by molar-refractivity contribution is 5.79. The van der Waals surface area contributed by atoms with Gasteiger partial charge in [-0.1, -0.05) is 18.2 Å². The SMILES string of the molecule is O=C(NCc1cccc(C(F)(F)F)c1)C1CCCN(c2nnc3ccccn23)C1. The van der Waals surface area contributed by atoms with Crippen molar-refractivity contribution < 1.29 is 18.0 Å².